The third-order valence-electron chi connectivity index (χ3n) is 11.0. The van der Waals surface area contributed by atoms with Gasteiger partial charge in [-0.25, -0.2) is 4.98 Å². The molecule has 1 N–H and O–H groups in total. The molecule has 3 fully saturated rings. The van der Waals surface area contributed by atoms with Crippen LogP contribution in [0, 0.1) is 24.2 Å². The molecule has 2 aromatic heterocycles. The summed E-state index contributed by atoms with van der Waals surface area (Å²) in [6, 6.07) is 10.7. The second-order valence-corrected chi connectivity index (χ2v) is 14.2. The van der Waals surface area contributed by atoms with Gasteiger partial charge in [0, 0.05) is 51.5 Å². The number of nitrogens with one attached hydrogen (secondary N) is 1. The van der Waals surface area contributed by atoms with Gasteiger partial charge in [0.2, 0.25) is 5.91 Å². The summed E-state index contributed by atoms with van der Waals surface area (Å²) >= 11 is 3.53. The van der Waals surface area contributed by atoms with Crippen molar-refractivity contribution in [2.75, 3.05) is 32.4 Å². The molecule has 2 saturated carbocycles. The Morgan fingerprint density at radius 1 is 1.17 bits per heavy atom. The van der Waals surface area contributed by atoms with E-state index in [0.717, 1.165) is 67.0 Å². The second-order valence-electron chi connectivity index (χ2n) is 14.2. The molecular weight excluding hydrogens is 601 g/mol. The molecule has 1 amide bonds. The zero-order valence-electron chi connectivity index (χ0n) is 28.9. The number of amides is 1. The van der Waals surface area contributed by atoms with Crippen LogP contribution in [0.3, 0.4) is 0 Å². The number of fused-ring (bicyclic) bond motifs is 2. The predicted molar refractivity (Wildman–Crippen MR) is 195 cm³/mol. The lowest BCUT2D eigenvalue weighted by Crippen LogP contribution is -2.47. The summed E-state index contributed by atoms with van der Waals surface area (Å²) in [6.07, 6.45) is 16.2. The van der Waals surface area contributed by atoms with Crippen molar-refractivity contribution in [2.45, 2.75) is 71.4 Å². The van der Waals surface area contributed by atoms with E-state index in [2.05, 4.69) is 83.5 Å². The molecule has 1 aliphatic heterocycles. The molecule has 7 nitrogen and oxygen atoms in total. The van der Waals surface area contributed by atoms with Gasteiger partial charge in [0.15, 0.2) is 0 Å². The van der Waals surface area contributed by atoms with Crippen LogP contribution in [0.1, 0.15) is 98.1 Å². The van der Waals surface area contributed by atoms with E-state index >= 15 is 0 Å². The number of piperazine rings is 1. The van der Waals surface area contributed by atoms with Crippen molar-refractivity contribution in [3.05, 3.63) is 95.0 Å². The maximum Gasteiger partial charge on any atom is 0.220 e. The molecule has 3 aliphatic carbocycles. The highest BCUT2D eigenvalue weighted by atomic mass is 32.1. The summed E-state index contributed by atoms with van der Waals surface area (Å²) in [5.74, 6) is 1.87. The summed E-state index contributed by atoms with van der Waals surface area (Å²) in [5.41, 5.74) is 9.71. The molecule has 250 valence electrons. The van der Waals surface area contributed by atoms with Gasteiger partial charge in [-0.15, -0.1) is 0 Å². The van der Waals surface area contributed by atoms with Crippen molar-refractivity contribution >= 4 is 30.2 Å². The van der Waals surface area contributed by atoms with Gasteiger partial charge in [-0.1, -0.05) is 50.3 Å². The Bertz CT molecular complexity index is 1630. The average Bonchev–Trinajstić information content (AvgIpc) is 3.99. The zero-order chi connectivity index (χ0) is 33.3. The number of aryl methyl sites for hydroxylation is 2. The van der Waals surface area contributed by atoms with E-state index in [0.29, 0.717) is 11.8 Å². The van der Waals surface area contributed by atoms with Crippen molar-refractivity contribution in [2.24, 2.45) is 24.3 Å². The van der Waals surface area contributed by atoms with Crippen LogP contribution < -0.4 is 5.32 Å². The Morgan fingerprint density at radius 2 is 1.91 bits per heavy atom. The third-order valence-corrected chi connectivity index (χ3v) is 11.0. The number of aromatic nitrogens is 3. The highest BCUT2D eigenvalue weighted by molar-refractivity contribution is 7.79. The molecule has 0 radical (unpaired) electrons. The Morgan fingerprint density at radius 3 is 2.55 bits per heavy atom. The number of hydrogen-bond acceptors (Lipinski definition) is 6. The minimum Gasteiger partial charge on any atom is -0.373 e. The molecule has 0 spiro atoms. The Labute approximate surface area is 287 Å². The molecule has 3 heterocycles. The highest BCUT2D eigenvalue weighted by Gasteiger charge is 2.57. The first-order valence-electron chi connectivity index (χ1n) is 17.4. The maximum absolute atomic E-state index is 13.2. The molecule has 47 heavy (non-hydrogen) atoms. The Hall–Kier alpha value is -3.36. The lowest BCUT2D eigenvalue weighted by molar-refractivity contribution is -0.121. The summed E-state index contributed by atoms with van der Waals surface area (Å²) in [6.45, 7) is 15.1. The summed E-state index contributed by atoms with van der Waals surface area (Å²) in [7, 11) is 2.00. The van der Waals surface area contributed by atoms with Crippen molar-refractivity contribution in [3.63, 3.8) is 0 Å². The van der Waals surface area contributed by atoms with E-state index in [4.69, 9.17) is 4.98 Å². The minimum absolute atomic E-state index is 0.0154. The van der Waals surface area contributed by atoms with Crippen LogP contribution in [0.15, 0.2) is 61.3 Å². The number of carbonyl (C=O) groups is 1. The SMILES string of the molecule is C=C(CC1(C2CC2C)CC1)N1CCN(C2c3ccc(C)cc3C(C(NC(=O)CCC)c3cncn3C)=Cc3cccnc32)CC1.CS. The van der Waals surface area contributed by atoms with Crippen molar-refractivity contribution in [3.8, 4) is 0 Å². The number of nitrogens with zero attached hydrogens (tertiary/aromatic N) is 5. The fourth-order valence-electron chi connectivity index (χ4n) is 8.19. The van der Waals surface area contributed by atoms with Crippen molar-refractivity contribution < 1.29 is 4.79 Å². The quantitative estimate of drug-likeness (QED) is 0.226. The van der Waals surface area contributed by atoms with Gasteiger partial charge >= 0.3 is 0 Å². The van der Waals surface area contributed by atoms with Crippen LogP contribution >= 0.6 is 12.6 Å². The van der Waals surface area contributed by atoms with Gasteiger partial charge in [0.05, 0.1) is 36.0 Å². The second kappa shape index (κ2) is 14.0. The molecule has 1 aromatic carbocycles. The standard InChI is InChI=1S/C38H48N6O.CH4S/c1-6-8-34(45)41-36(33-23-39-24-42(33)5)31-21-28-9-7-14-40-35(28)37(29-11-10-25(2)19-30(29)31)44-17-15-43(16-18-44)27(4)22-38(12-13-38)32-20-26(32)3;1-2/h7,9-11,14,19,21,23-24,26,32,36-37H,4,6,8,12-13,15-18,20,22H2,1-3,5H3,(H,41,45);2H,1H3. The monoisotopic (exact) mass is 652 g/mol. The Balaban J connectivity index is 0.00000190. The number of hydrogen-bond donors (Lipinski definition) is 2. The van der Waals surface area contributed by atoms with Crippen LogP contribution in [0.4, 0.5) is 0 Å². The van der Waals surface area contributed by atoms with Gasteiger partial charge in [0.25, 0.3) is 0 Å². The van der Waals surface area contributed by atoms with Crippen LogP contribution in [0.5, 0.6) is 0 Å². The van der Waals surface area contributed by atoms with E-state index in [1.54, 1.807) is 6.26 Å². The van der Waals surface area contributed by atoms with Gasteiger partial charge in [0.1, 0.15) is 0 Å². The van der Waals surface area contributed by atoms with Gasteiger partial charge < -0.3 is 14.8 Å². The molecule has 4 unspecified atom stereocenters. The Kier molecular flexibility index (Phi) is 10.00. The first kappa shape index (κ1) is 33.5. The number of imidazole rings is 1. The van der Waals surface area contributed by atoms with Gasteiger partial charge in [-0.3, -0.25) is 14.7 Å². The number of thiol groups is 1. The summed E-state index contributed by atoms with van der Waals surface area (Å²) in [5, 5.41) is 3.38. The third kappa shape index (κ3) is 6.82. The van der Waals surface area contributed by atoms with Crippen LogP contribution in [0.2, 0.25) is 0 Å². The summed E-state index contributed by atoms with van der Waals surface area (Å²) in [4.78, 5) is 27.8. The molecule has 4 atom stereocenters. The normalized spacial score (nSPS) is 23.2. The molecule has 3 aromatic rings. The predicted octanol–water partition coefficient (Wildman–Crippen LogP) is 7.23. The number of rotatable bonds is 10. The molecule has 0 bridgehead atoms. The van der Waals surface area contributed by atoms with Crippen LogP contribution in [0.25, 0.3) is 11.6 Å². The van der Waals surface area contributed by atoms with Crippen LogP contribution in [-0.4, -0.2) is 62.7 Å². The fraction of sp³-hybridized carbons (Fsp3) is 0.513. The molecular formula is C39H52N6OS. The van der Waals surface area contributed by atoms with E-state index < -0.39 is 0 Å². The fourth-order valence-corrected chi connectivity index (χ4v) is 8.19. The zero-order valence-corrected chi connectivity index (χ0v) is 29.8. The number of pyridine rings is 1. The molecule has 7 rings (SSSR count). The lowest BCUT2D eigenvalue weighted by Gasteiger charge is -2.42. The number of allylic oxidation sites excluding steroid dienone is 1. The van der Waals surface area contributed by atoms with E-state index in [1.807, 2.05) is 43.3 Å². The topological polar surface area (TPSA) is 66.3 Å². The highest BCUT2D eigenvalue weighted by Crippen LogP contribution is 2.66. The van der Waals surface area contributed by atoms with E-state index in [9.17, 15) is 4.79 Å². The smallest absolute Gasteiger partial charge is 0.220 e. The van der Waals surface area contributed by atoms with Crippen molar-refractivity contribution in [1.29, 1.82) is 0 Å². The largest absolute Gasteiger partial charge is 0.373 e. The van der Waals surface area contributed by atoms with E-state index in [1.165, 1.54) is 48.1 Å². The molecule has 4 aliphatic rings. The molecule has 1 saturated heterocycles. The van der Waals surface area contributed by atoms with Crippen LogP contribution in [-0.2, 0) is 11.8 Å². The molecule has 8 heteroatoms. The van der Waals surface area contributed by atoms with Gasteiger partial charge in [-0.05, 0) is 96.9 Å². The van der Waals surface area contributed by atoms with E-state index in [-0.39, 0.29) is 18.0 Å². The maximum atomic E-state index is 13.2. The lowest BCUT2D eigenvalue weighted by atomic mass is 9.88. The first-order valence-corrected chi connectivity index (χ1v) is 18.3. The number of benzene rings is 1. The summed E-state index contributed by atoms with van der Waals surface area (Å²) < 4.78 is 2.02. The first-order chi connectivity index (χ1) is 22.8. The van der Waals surface area contributed by atoms with Crippen molar-refractivity contribution in [1.82, 2.24) is 29.7 Å². The minimum atomic E-state index is -0.340. The van der Waals surface area contributed by atoms with Gasteiger partial charge in [-0.2, -0.15) is 12.6 Å². The number of carbonyl (C=O) groups excluding carboxylic acids is 1. The average molecular weight is 653 g/mol.